The smallest absolute Gasteiger partial charge is 0.407 e. The molecule has 0 radical (unpaired) electrons. The molecule has 6 heteroatoms. The fourth-order valence-corrected chi connectivity index (χ4v) is 1.57. The molecule has 0 aliphatic carbocycles. The highest BCUT2D eigenvalue weighted by Gasteiger charge is 2.22. The predicted octanol–water partition coefficient (Wildman–Crippen LogP) is 1.23. The summed E-state index contributed by atoms with van der Waals surface area (Å²) in [5.41, 5.74) is 0.861. The fourth-order valence-electron chi connectivity index (χ4n) is 1.57. The van der Waals surface area contributed by atoms with E-state index in [0.29, 0.717) is 12.8 Å². The van der Waals surface area contributed by atoms with Crippen LogP contribution in [0.4, 0.5) is 4.79 Å². The Morgan fingerprint density at radius 3 is 2.60 bits per heavy atom. The van der Waals surface area contributed by atoms with Crippen molar-refractivity contribution in [2.24, 2.45) is 0 Å². The molecule has 0 bridgehead atoms. The second kappa shape index (κ2) is 8.92. The van der Waals surface area contributed by atoms with E-state index in [2.05, 4.69) is 10.1 Å². The number of hydrogen-bond donors (Lipinski definition) is 2. The first-order chi connectivity index (χ1) is 9.67. The summed E-state index contributed by atoms with van der Waals surface area (Å²) in [6.07, 6.45) is -0.0292. The molecule has 1 atom stereocenters. The van der Waals surface area contributed by atoms with Gasteiger partial charge in [-0.15, -0.1) is 0 Å². The number of ether oxygens (including phenoxy) is 2. The third-order valence-electron chi connectivity index (χ3n) is 2.64. The summed E-state index contributed by atoms with van der Waals surface area (Å²) in [6, 6.07) is 8.42. The molecule has 0 unspecified atom stereocenters. The summed E-state index contributed by atoms with van der Waals surface area (Å²) < 4.78 is 9.60. The van der Waals surface area contributed by atoms with Crippen LogP contribution in [-0.4, -0.2) is 36.9 Å². The average molecular weight is 281 g/mol. The van der Waals surface area contributed by atoms with E-state index in [1.165, 1.54) is 7.11 Å². The summed E-state index contributed by atoms with van der Waals surface area (Å²) in [6.45, 7) is 0.0729. The van der Waals surface area contributed by atoms with E-state index >= 15 is 0 Å². The molecule has 0 fully saturated rings. The quantitative estimate of drug-likeness (QED) is 0.734. The Morgan fingerprint density at radius 2 is 2.00 bits per heavy atom. The number of benzene rings is 1. The lowest BCUT2D eigenvalue weighted by Gasteiger charge is -2.16. The fraction of sp³-hybridized carbons (Fsp3) is 0.429. The first kappa shape index (κ1) is 16.0. The molecule has 1 aromatic rings. The number of hydrogen-bond acceptors (Lipinski definition) is 5. The van der Waals surface area contributed by atoms with Crippen LogP contribution < -0.4 is 5.32 Å². The van der Waals surface area contributed by atoms with Crippen LogP contribution in [0, 0.1) is 0 Å². The summed E-state index contributed by atoms with van der Waals surface area (Å²) in [5.74, 6) is -0.548. The van der Waals surface area contributed by atoms with Gasteiger partial charge >= 0.3 is 12.1 Å². The summed E-state index contributed by atoms with van der Waals surface area (Å²) in [4.78, 5) is 23.1. The van der Waals surface area contributed by atoms with Gasteiger partial charge in [-0.25, -0.2) is 9.59 Å². The Labute approximate surface area is 117 Å². The van der Waals surface area contributed by atoms with Crippen LogP contribution in [0.2, 0.25) is 0 Å². The van der Waals surface area contributed by atoms with Crippen LogP contribution in [0.5, 0.6) is 0 Å². The minimum atomic E-state index is -0.821. The molecule has 0 saturated heterocycles. The molecule has 1 rings (SSSR count). The first-order valence-corrected chi connectivity index (χ1v) is 6.33. The summed E-state index contributed by atoms with van der Waals surface area (Å²) in [5, 5.41) is 11.2. The molecule has 0 heterocycles. The van der Waals surface area contributed by atoms with E-state index in [1.807, 2.05) is 30.3 Å². The zero-order valence-electron chi connectivity index (χ0n) is 11.4. The lowest BCUT2D eigenvalue weighted by molar-refractivity contribution is -0.147. The normalized spacial score (nSPS) is 11.5. The van der Waals surface area contributed by atoms with Crippen molar-refractivity contribution < 1.29 is 24.2 Å². The van der Waals surface area contributed by atoms with Crippen molar-refractivity contribution in [1.29, 1.82) is 0 Å². The maximum absolute atomic E-state index is 11.9. The van der Waals surface area contributed by atoms with Gasteiger partial charge in [-0.2, -0.15) is 0 Å². The van der Waals surface area contributed by atoms with Crippen LogP contribution in [0.25, 0.3) is 0 Å². The Kier molecular flexibility index (Phi) is 7.13. The molecule has 0 saturated carbocycles. The van der Waals surface area contributed by atoms with E-state index in [-0.39, 0.29) is 13.2 Å². The highest BCUT2D eigenvalue weighted by molar-refractivity contribution is 5.81. The zero-order chi connectivity index (χ0) is 14.8. The van der Waals surface area contributed by atoms with Gasteiger partial charge in [0.05, 0.1) is 7.11 Å². The van der Waals surface area contributed by atoms with Crippen molar-refractivity contribution in [3.63, 3.8) is 0 Å². The molecule has 110 valence electrons. The molecule has 0 aliphatic rings. The molecule has 6 nitrogen and oxygen atoms in total. The maximum Gasteiger partial charge on any atom is 0.407 e. The third-order valence-corrected chi connectivity index (χ3v) is 2.64. The number of alkyl carbamates (subject to hydrolysis) is 1. The number of carbonyl (C=O) groups excluding carboxylic acids is 2. The van der Waals surface area contributed by atoms with E-state index in [1.54, 1.807) is 0 Å². The molecular formula is C14H19NO5. The number of esters is 1. The molecule has 1 aromatic carbocycles. The molecule has 0 aliphatic heterocycles. The van der Waals surface area contributed by atoms with Gasteiger partial charge in [0.15, 0.2) is 0 Å². The third kappa shape index (κ3) is 5.71. The Hall–Kier alpha value is -2.08. The number of aliphatic hydroxyl groups excluding tert-OH is 1. The minimum Gasteiger partial charge on any atom is -0.459 e. The van der Waals surface area contributed by atoms with E-state index < -0.39 is 18.1 Å². The SMILES string of the molecule is COC(=O)N[C@@H](CCCO)C(=O)OCc1ccccc1. The number of carbonyl (C=O) groups is 2. The van der Waals surface area contributed by atoms with Crippen LogP contribution in [0.3, 0.4) is 0 Å². The van der Waals surface area contributed by atoms with Gasteiger partial charge in [0.1, 0.15) is 12.6 Å². The monoisotopic (exact) mass is 281 g/mol. The average Bonchev–Trinajstić information content (AvgIpc) is 2.49. The standard InChI is InChI=1S/C14H19NO5/c1-19-14(18)15-12(8-5-9-16)13(17)20-10-11-6-3-2-4-7-11/h2-4,6-7,12,16H,5,8-10H2,1H3,(H,15,18)/t12-/m0/s1. The van der Waals surface area contributed by atoms with Crippen LogP contribution in [0.15, 0.2) is 30.3 Å². The van der Waals surface area contributed by atoms with Gasteiger partial charge < -0.3 is 19.9 Å². The van der Waals surface area contributed by atoms with Crippen LogP contribution in [0.1, 0.15) is 18.4 Å². The van der Waals surface area contributed by atoms with Gasteiger partial charge in [0.2, 0.25) is 0 Å². The van der Waals surface area contributed by atoms with E-state index in [0.717, 1.165) is 5.56 Å². The van der Waals surface area contributed by atoms with Gasteiger partial charge in [-0.3, -0.25) is 0 Å². The van der Waals surface area contributed by atoms with Gasteiger partial charge in [0.25, 0.3) is 0 Å². The van der Waals surface area contributed by atoms with Crippen LogP contribution in [-0.2, 0) is 20.9 Å². The number of aliphatic hydroxyl groups is 1. The largest absolute Gasteiger partial charge is 0.459 e. The lowest BCUT2D eigenvalue weighted by atomic mass is 10.1. The summed E-state index contributed by atoms with van der Waals surface area (Å²) in [7, 11) is 1.22. The number of amides is 1. The molecule has 0 spiro atoms. The first-order valence-electron chi connectivity index (χ1n) is 6.33. The topological polar surface area (TPSA) is 84.9 Å². The number of methoxy groups -OCH3 is 1. The molecule has 0 aromatic heterocycles. The Morgan fingerprint density at radius 1 is 1.30 bits per heavy atom. The number of nitrogens with one attached hydrogen (secondary N) is 1. The van der Waals surface area contributed by atoms with E-state index in [4.69, 9.17) is 9.84 Å². The van der Waals surface area contributed by atoms with Crippen molar-refractivity contribution in [2.75, 3.05) is 13.7 Å². The highest BCUT2D eigenvalue weighted by Crippen LogP contribution is 2.05. The van der Waals surface area contributed by atoms with Crippen molar-refractivity contribution in [1.82, 2.24) is 5.32 Å². The zero-order valence-corrected chi connectivity index (χ0v) is 11.4. The maximum atomic E-state index is 11.9. The minimum absolute atomic E-state index is 0.0642. The second-order valence-corrected chi connectivity index (χ2v) is 4.15. The predicted molar refractivity (Wildman–Crippen MR) is 71.9 cm³/mol. The van der Waals surface area contributed by atoms with Gasteiger partial charge in [0, 0.05) is 6.61 Å². The summed E-state index contributed by atoms with van der Waals surface area (Å²) >= 11 is 0. The lowest BCUT2D eigenvalue weighted by Crippen LogP contribution is -2.41. The van der Waals surface area contributed by atoms with Crippen LogP contribution >= 0.6 is 0 Å². The van der Waals surface area contributed by atoms with Gasteiger partial charge in [-0.1, -0.05) is 30.3 Å². The Balaban J connectivity index is 2.51. The highest BCUT2D eigenvalue weighted by atomic mass is 16.5. The molecule has 20 heavy (non-hydrogen) atoms. The second-order valence-electron chi connectivity index (χ2n) is 4.15. The van der Waals surface area contributed by atoms with Crippen molar-refractivity contribution in [2.45, 2.75) is 25.5 Å². The molecule has 1 amide bonds. The Bertz CT molecular complexity index is 421. The van der Waals surface area contributed by atoms with E-state index in [9.17, 15) is 9.59 Å². The van der Waals surface area contributed by atoms with Crippen molar-refractivity contribution in [3.8, 4) is 0 Å². The van der Waals surface area contributed by atoms with Crippen molar-refractivity contribution in [3.05, 3.63) is 35.9 Å². The number of rotatable bonds is 7. The van der Waals surface area contributed by atoms with Gasteiger partial charge in [-0.05, 0) is 18.4 Å². The van der Waals surface area contributed by atoms with Crippen molar-refractivity contribution >= 4 is 12.1 Å². The molecule has 2 N–H and O–H groups in total. The molecular weight excluding hydrogens is 262 g/mol.